The Morgan fingerprint density at radius 1 is 1.20 bits per heavy atom. The first kappa shape index (κ1) is 14.8. The fourth-order valence-electron chi connectivity index (χ4n) is 1.72. The highest BCUT2D eigenvalue weighted by molar-refractivity contribution is 7.92. The second-order valence-electron chi connectivity index (χ2n) is 4.38. The van der Waals surface area contributed by atoms with Crippen LogP contribution in [0.15, 0.2) is 47.6 Å². The van der Waals surface area contributed by atoms with Crippen LogP contribution in [-0.4, -0.2) is 19.3 Å². The number of nitrogens with one attached hydrogen (secondary N) is 1. The van der Waals surface area contributed by atoms with Crippen molar-refractivity contribution in [2.75, 3.05) is 10.6 Å². The van der Waals surface area contributed by atoms with Crippen molar-refractivity contribution in [1.82, 2.24) is 4.98 Å². The summed E-state index contributed by atoms with van der Waals surface area (Å²) in [5.74, 6) is 0.513. The maximum Gasteiger partial charge on any atom is 0.261 e. The third-order valence-electron chi connectivity index (χ3n) is 2.90. The molecule has 0 unspecified atom stereocenters. The molecular formula is C14H15ClN2O2S. The smallest absolute Gasteiger partial charge is 0.261 e. The zero-order valence-corrected chi connectivity index (χ0v) is 12.6. The minimum absolute atomic E-state index is 0.221. The van der Waals surface area contributed by atoms with E-state index in [4.69, 9.17) is 11.6 Å². The van der Waals surface area contributed by atoms with Gasteiger partial charge in [0.2, 0.25) is 0 Å². The van der Waals surface area contributed by atoms with Gasteiger partial charge in [0, 0.05) is 12.1 Å². The van der Waals surface area contributed by atoms with Crippen molar-refractivity contribution in [2.45, 2.75) is 18.2 Å². The van der Waals surface area contributed by atoms with E-state index in [0.717, 1.165) is 17.5 Å². The second kappa shape index (κ2) is 6.24. The van der Waals surface area contributed by atoms with Gasteiger partial charge in [-0.05, 0) is 42.7 Å². The number of halogens is 1. The van der Waals surface area contributed by atoms with Crippen LogP contribution >= 0.6 is 11.6 Å². The van der Waals surface area contributed by atoms with Crippen molar-refractivity contribution < 1.29 is 8.42 Å². The fraction of sp³-hybridized carbons (Fsp3) is 0.214. The molecule has 0 aliphatic rings. The summed E-state index contributed by atoms with van der Waals surface area (Å²) in [6, 6.07) is 8.45. The molecule has 0 bridgehead atoms. The Hall–Kier alpha value is -1.59. The summed E-state index contributed by atoms with van der Waals surface area (Å²) in [6.45, 7) is 1.82. The molecule has 106 valence electrons. The SMILES string of the molecule is Cc1ccncc1NS(=O)(=O)c1ccc(CCCl)cc1. The van der Waals surface area contributed by atoms with Gasteiger partial charge in [-0.2, -0.15) is 0 Å². The molecule has 0 saturated heterocycles. The minimum atomic E-state index is -3.59. The van der Waals surface area contributed by atoms with Crippen LogP contribution in [0.1, 0.15) is 11.1 Å². The minimum Gasteiger partial charge on any atom is -0.278 e. The Labute approximate surface area is 123 Å². The van der Waals surface area contributed by atoms with Crippen molar-refractivity contribution in [1.29, 1.82) is 0 Å². The molecule has 0 fully saturated rings. The van der Waals surface area contributed by atoms with Crippen LogP contribution in [0.5, 0.6) is 0 Å². The van der Waals surface area contributed by atoms with Gasteiger partial charge in [-0.25, -0.2) is 8.42 Å². The van der Waals surface area contributed by atoms with E-state index in [1.54, 1.807) is 36.5 Å². The number of aromatic nitrogens is 1. The summed E-state index contributed by atoms with van der Waals surface area (Å²) in [5, 5.41) is 0. The Bertz CT molecular complexity index is 685. The first-order valence-electron chi connectivity index (χ1n) is 6.11. The Kier molecular flexibility index (Phi) is 4.62. The molecule has 20 heavy (non-hydrogen) atoms. The van der Waals surface area contributed by atoms with E-state index in [1.807, 2.05) is 6.92 Å². The van der Waals surface area contributed by atoms with Gasteiger partial charge < -0.3 is 0 Å². The predicted octanol–water partition coefficient (Wildman–Crippen LogP) is 2.97. The van der Waals surface area contributed by atoms with Gasteiger partial charge in [-0.15, -0.1) is 11.6 Å². The van der Waals surface area contributed by atoms with Crippen LogP contribution in [0.3, 0.4) is 0 Å². The lowest BCUT2D eigenvalue weighted by Crippen LogP contribution is -2.14. The van der Waals surface area contributed by atoms with Crippen molar-refractivity contribution in [3.63, 3.8) is 0 Å². The normalized spacial score (nSPS) is 11.3. The zero-order valence-electron chi connectivity index (χ0n) is 11.0. The number of hydrogen-bond donors (Lipinski definition) is 1. The molecule has 0 aliphatic carbocycles. The van der Waals surface area contributed by atoms with Crippen LogP contribution < -0.4 is 4.72 Å². The topological polar surface area (TPSA) is 59.1 Å². The summed E-state index contributed by atoms with van der Waals surface area (Å²) in [5.41, 5.74) is 2.32. The van der Waals surface area contributed by atoms with Gasteiger partial charge in [-0.1, -0.05) is 12.1 Å². The highest BCUT2D eigenvalue weighted by Crippen LogP contribution is 2.18. The van der Waals surface area contributed by atoms with Gasteiger partial charge in [-0.3, -0.25) is 9.71 Å². The molecule has 0 atom stereocenters. The van der Waals surface area contributed by atoms with E-state index in [1.165, 1.54) is 6.20 Å². The predicted molar refractivity (Wildman–Crippen MR) is 80.6 cm³/mol. The summed E-state index contributed by atoms with van der Waals surface area (Å²) < 4.78 is 27.1. The maximum absolute atomic E-state index is 12.3. The van der Waals surface area contributed by atoms with Crippen molar-refractivity contribution in [2.24, 2.45) is 0 Å². The summed E-state index contributed by atoms with van der Waals surface area (Å²) in [6.07, 6.45) is 3.83. The van der Waals surface area contributed by atoms with Crippen LogP contribution in [-0.2, 0) is 16.4 Å². The molecule has 0 radical (unpaired) electrons. The molecule has 0 amide bonds. The standard InChI is InChI=1S/C14H15ClN2O2S/c1-11-7-9-16-10-14(11)17-20(18,19)13-4-2-12(3-5-13)6-8-15/h2-5,7,9-10,17H,6,8H2,1H3. The van der Waals surface area contributed by atoms with Crippen molar-refractivity contribution >= 4 is 27.3 Å². The van der Waals surface area contributed by atoms with Crippen LogP contribution in [0.4, 0.5) is 5.69 Å². The number of benzene rings is 1. The van der Waals surface area contributed by atoms with E-state index >= 15 is 0 Å². The van der Waals surface area contributed by atoms with E-state index in [0.29, 0.717) is 11.6 Å². The first-order chi connectivity index (χ1) is 9.53. The lowest BCUT2D eigenvalue weighted by Gasteiger charge is -2.10. The number of pyridine rings is 1. The number of aryl methyl sites for hydroxylation is 2. The summed E-state index contributed by atoms with van der Waals surface area (Å²) >= 11 is 5.65. The molecular weight excluding hydrogens is 296 g/mol. The molecule has 4 nitrogen and oxygen atoms in total. The van der Waals surface area contributed by atoms with Crippen LogP contribution in [0.2, 0.25) is 0 Å². The summed E-state index contributed by atoms with van der Waals surface area (Å²) in [4.78, 5) is 4.14. The quantitative estimate of drug-likeness (QED) is 0.864. The number of hydrogen-bond acceptors (Lipinski definition) is 3. The second-order valence-corrected chi connectivity index (χ2v) is 6.44. The van der Waals surface area contributed by atoms with Crippen molar-refractivity contribution in [3.8, 4) is 0 Å². The molecule has 1 N–H and O–H groups in total. The number of rotatable bonds is 5. The zero-order chi connectivity index (χ0) is 14.6. The highest BCUT2D eigenvalue weighted by atomic mass is 35.5. The largest absolute Gasteiger partial charge is 0.278 e. The number of nitrogens with zero attached hydrogens (tertiary/aromatic N) is 1. The third kappa shape index (κ3) is 3.49. The molecule has 1 heterocycles. The molecule has 2 rings (SSSR count). The third-order valence-corrected chi connectivity index (χ3v) is 4.47. The van der Waals surface area contributed by atoms with Gasteiger partial charge in [0.05, 0.1) is 16.8 Å². The maximum atomic E-state index is 12.3. The number of alkyl halides is 1. The van der Waals surface area contributed by atoms with E-state index < -0.39 is 10.0 Å². The number of anilines is 1. The van der Waals surface area contributed by atoms with Crippen LogP contribution in [0.25, 0.3) is 0 Å². The Morgan fingerprint density at radius 2 is 1.90 bits per heavy atom. The first-order valence-corrected chi connectivity index (χ1v) is 8.13. The Balaban J connectivity index is 2.24. The summed E-state index contributed by atoms with van der Waals surface area (Å²) in [7, 11) is -3.59. The molecule has 0 saturated carbocycles. The average Bonchev–Trinajstić information content (AvgIpc) is 2.42. The lowest BCUT2D eigenvalue weighted by atomic mass is 10.2. The molecule has 0 spiro atoms. The van der Waals surface area contributed by atoms with E-state index in [-0.39, 0.29) is 4.90 Å². The lowest BCUT2D eigenvalue weighted by molar-refractivity contribution is 0.601. The van der Waals surface area contributed by atoms with Crippen molar-refractivity contribution in [3.05, 3.63) is 53.9 Å². The van der Waals surface area contributed by atoms with Gasteiger partial charge in [0.25, 0.3) is 10.0 Å². The van der Waals surface area contributed by atoms with Crippen LogP contribution in [0, 0.1) is 6.92 Å². The van der Waals surface area contributed by atoms with E-state index in [9.17, 15) is 8.42 Å². The molecule has 6 heteroatoms. The fourth-order valence-corrected chi connectivity index (χ4v) is 3.05. The molecule has 1 aromatic carbocycles. The molecule has 0 aliphatic heterocycles. The monoisotopic (exact) mass is 310 g/mol. The average molecular weight is 311 g/mol. The Morgan fingerprint density at radius 3 is 2.50 bits per heavy atom. The number of sulfonamides is 1. The molecule has 2 aromatic rings. The van der Waals surface area contributed by atoms with Gasteiger partial charge >= 0.3 is 0 Å². The van der Waals surface area contributed by atoms with E-state index in [2.05, 4.69) is 9.71 Å². The van der Waals surface area contributed by atoms with Gasteiger partial charge in [0.1, 0.15) is 0 Å². The van der Waals surface area contributed by atoms with Gasteiger partial charge in [0.15, 0.2) is 0 Å². The highest BCUT2D eigenvalue weighted by Gasteiger charge is 2.15. The molecule has 1 aromatic heterocycles.